The van der Waals surface area contributed by atoms with Crippen molar-refractivity contribution in [1.82, 2.24) is 4.98 Å². The van der Waals surface area contributed by atoms with E-state index in [1.165, 1.54) is 6.20 Å². The van der Waals surface area contributed by atoms with Crippen LogP contribution in [0.15, 0.2) is 31.0 Å². The molecule has 1 atom stereocenters. The minimum Gasteiger partial charge on any atom is -0.506 e. The standard InChI is InChI=1S/C8H10N2O/c1-2-7(9)8-4-3-6(11)5-10-8/h2-5,7,11H,1,9H2/t7-/m1/s1. The Balaban J connectivity index is 2.89. The van der Waals surface area contributed by atoms with E-state index in [4.69, 9.17) is 10.8 Å². The first-order valence-electron chi connectivity index (χ1n) is 3.27. The molecule has 0 saturated heterocycles. The molecule has 0 unspecified atom stereocenters. The first-order valence-corrected chi connectivity index (χ1v) is 3.27. The van der Waals surface area contributed by atoms with Crippen molar-refractivity contribution in [2.45, 2.75) is 6.04 Å². The number of nitrogens with zero attached hydrogens (tertiary/aromatic N) is 1. The zero-order chi connectivity index (χ0) is 8.27. The fourth-order valence-electron chi connectivity index (χ4n) is 0.715. The number of aromatic nitrogens is 1. The molecule has 3 N–H and O–H groups in total. The number of hydrogen-bond donors (Lipinski definition) is 2. The van der Waals surface area contributed by atoms with Crippen LogP contribution in [0.1, 0.15) is 11.7 Å². The third kappa shape index (κ3) is 1.78. The predicted octanol–water partition coefficient (Wildman–Crippen LogP) is 0.973. The van der Waals surface area contributed by atoms with Crippen LogP contribution in [0.4, 0.5) is 0 Å². The molecule has 0 bridgehead atoms. The Morgan fingerprint density at radius 2 is 2.36 bits per heavy atom. The molecule has 0 spiro atoms. The molecular weight excluding hydrogens is 140 g/mol. The molecule has 0 amide bonds. The third-order valence-corrected chi connectivity index (χ3v) is 1.37. The van der Waals surface area contributed by atoms with Crippen LogP contribution >= 0.6 is 0 Å². The number of hydrogen-bond acceptors (Lipinski definition) is 3. The monoisotopic (exact) mass is 150 g/mol. The number of aromatic hydroxyl groups is 1. The van der Waals surface area contributed by atoms with Crippen LogP contribution in [0.5, 0.6) is 5.75 Å². The molecule has 0 radical (unpaired) electrons. The van der Waals surface area contributed by atoms with Gasteiger partial charge in [-0.25, -0.2) is 0 Å². The molecule has 0 aliphatic heterocycles. The van der Waals surface area contributed by atoms with Gasteiger partial charge >= 0.3 is 0 Å². The molecule has 0 aliphatic carbocycles. The minimum absolute atomic E-state index is 0.144. The molecule has 1 aromatic rings. The molecule has 11 heavy (non-hydrogen) atoms. The number of pyridine rings is 1. The molecule has 0 aliphatic rings. The molecule has 1 heterocycles. The first-order chi connectivity index (χ1) is 5.24. The zero-order valence-electron chi connectivity index (χ0n) is 6.07. The summed E-state index contributed by atoms with van der Waals surface area (Å²) in [5.41, 5.74) is 6.29. The summed E-state index contributed by atoms with van der Waals surface area (Å²) in [7, 11) is 0. The molecular formula is C8H10N2O. The molecule has 58 valence electrons. The SMILES string of the molecule is C=C[C@@H](N)c1ccc(O)cn1. The maximum Gasteiger partial charge on any atom is 0.133 e. The van der Waals surface area contributed by atoms with Gasteiger partial charge in [-0.2, -0.15) is 0 Å². The molecule has 0 aromatic carbocycles. The normalized spacial score (nSPS) is 12.5. The van der Waals surface area contributed by atoms with Gasteiger partial charge in [-0.3, -0.25) is 4.98 Å². The van der Waals surface area contributed by atoms with Crippen LogP contribution in [0.3, 0.4) is 0 Å². The van der Waals surface area contributed by atoms with Crippen molar-refractivity contribution < 1.29 is 5.11 Å². The summed E-state index contributed by atoms with van der Waals surface area (Å²) in [6.45, 7) is 3.53. The Morgan fingerprint density at radius 1 is 1.64 bits per heavy atom. The van der Waals surface area contributed by atoms with Crippen molar-refractivity contribution in [2.24, 2.45) is 5.73 Å². The van der Waals surface area contributed by atoms with E-state index >= 15 is 0 Å². The van der Waals surface area contributed by atoms with Gasteiger partial charge in [0.15, 0.2) is 0 Å². The summed E-state index contributed by atoms with van der Waals surface area (Å²) >= 11 is 0. The molecule has 0 saturated carbocycles. The van der Waals surface area contributed by atoms with E-state index in [1.54, 1.807) is 18.2 Å². The van der Waals surface area contributed by atoms with Gasteiger partial charge < -0.3 is 10.8 Å². The van der Waals surface area contributed by atoms with E-state index in [2.05, 4.69) is 11.6 Å². The Morgan fingerprint density at radius 3 is 2.82 bits per heavy atom. The van der Waals surface area contributed by atoms with Gasteiger partial charge in [0.05, 0.1) is 17.9 Å². The van der Waals surface area contributed by atoms with Gasteiger partial charge in [0.2, 0.25) is 0 Å². The maximum absolute atomic E-state index is 8.88. The van der Waals surface area contributed by atoms with Crippen molar-refractivity contribution in [3.8, 4) is 5.75 Å². The molecule has 3 heteroatoms. The van der Waals surface area contributed by atoms with Crippen molar-refractivity contribution in [3.05, 3.63) is 36.7 Å². The molecule has 1 rings (SSSR count). The third-order valence-electron chi connectivity index (χ3n) is 1.37. The molecule has 1 aromatic heterocycles. The smallest absolute Gasteiger partial charge is 0.133 e. The van der Waals surface area contributed by atoms with Crippen molar-refractivity contribution >= 4 is 0 Å². The first kappa shape index (κ1) is 7.75. The van der Waals surface area contributed by atoms with Gasteiger partial charge in [0.1, 0.15) is 5.75 Å². The Bertz CT molecular complexity index is 243. The van der Waals surface area contributed by atoms with Gasteiger partial charge in [0, 0.05) is 0 Å². The van der Waals surface area contributed by atoms with Crippen LogP contribution in [-0.4, -0.2) is 10.1 Å². The lowest BCUT2D eigenvalue weighted by atomic mass is 10.2. The van der Waals surface area contributed by atoms with Crippen LogP contribution in [0.25, 0.3) is 0 Å². The summed E-state index contributed by atoms with van der Waals surface area (Å²) < 4.78 is 0. The lowest BCUT2D eigenvalue weighted by molar-refractivity contribution is 0.472. The second kappa shape index (κ2) is 3.16. The van der Waals surface area contributed by atoms with Crippen LogP contribution in [-0.2, 0) is 0 Å². The van der Waals surface area contributed by atoms with E-state index in [0.717, 1.165) is 0 Å². The molecule has 3 nitrogen and oxygen atoms in total. The fraction of sp³-hybridized carbons (Fsp3) is 0.125. The number of rotatable bonds is 2. The highest BCUT2D eigenvalue weighted by atomic mass is 16.3. The molecule has 0 fully saturated rings. The lowest BCUT2D eigenvalue weighted by Crippen LogP contribution is -2.07. The summed E-state index contributed by atoms with van der Waals surface area (Å²) in [4.78, 5) is 3.90. The largest absolute Gasteiger partial charge is 0.506 e. The Hall–Kier alpha value is -1.35. The summed E-state index contributed by atoms with van der Waals surface area (Å²) in [6, 6.07) is 2.96. The summed E-state index contributed by atoms with van der Waals surface area (Å²) in [5, 5.41) is 8.88. The predicted molar refractivity (Wildman–Crippen MR) is 43.0 cm³/mol. The topological polar surface area (TPSA) is 59.1 Å². The fourth-order valence-corrected chi connectivity index (χ4v) is 0.715. The van der Waals surface area contributed by atoms with Crippen LogP contribution < -0.4 is 5.73 Å². The highest BCUT2D eigenvalue weighted by Gasteiger charge is 2.00. The average molecular weight is 150 g/mol. The van der Waals surface area contributed by atoms with E-state index in [9.17, 15) is 0 Å². The Kier molecular flexibility index (Phi) is 2.23. The van der Waals surface area contributed by atoms with E-state index in [0.29, 0.717) is 5.69 Å². The van der Waals surface area contributed by atoms with Crippen molar-refractivity contribution in [1.29, 1.82) is 0 Å². The lowest BCUT2D eigenvalue weighted by Gasteiger charge is -2.03. The van der Waals surface area contributed by atoms with E-state index in [-0.39, 0.29) is 11.8 Å². The second-order valence-corrected chi connectivity index (χ2v) is 2.20. The summed E-state index contributed by atoms with van der Waals surface area (Å²) in [5.74, 6) is 0.144. The Labute approximate surface area is 65.2 Å². The average Bonchev–Trinajstić information content (AvgIpc) is 2.05. The van der Waals surface area contributed by atoms with Crippen LogP contribution in [0, 0.1) is 0 Å². The summed E-state index contributed by atoms with van der Waals surface area (Å²) in [6.07, 6.45) is 2.96. The second-order valence-electron chi connectivity index (χ2n) is 2.20. The van der Waals surface area contributed by atoms with Gasteiger partial charge in [-0.15, -0.1) is 6.58 Å². The quantitative estimate of drug-likeness (QED) is 0.617. The van der Waals surface area contributed by atoms with Gasteiger partial charge in [-0.05, 0) is 12.1 Å². The van der Waals surface area contributed by atoms with Gasteiger partial charge in [-0.1, -0.05) is 6.08 Å². The van der Waals surface area contributed by atoms with E-state index < -0.39 is 0 Å². The van der Waals surface area contributed by atoms with Crippen LogP contribution in [0.2, 0.25) is 0 Å². The van der Waals surface area contributed by atoms with Crippen molar-refractivity contribution in [2.75, 3.05) is 0 Å². The van der Waals surface area contributed by atoms with Gasteiger partial charge in [0.25, 0.3) is 0 Å². The highest BCUT2D eigenvalue weighted by Crippen LogP contribution is 2.11. The minimum atomic E-state index is -0.254. The number of nitrogens with two attached hydrogens (primary N) is 1. The highest BCUT2D eigenvalue weighted by molar-refractivity contribution is 5.21. The van der Waals surface area contributed by atoms with Crippen molar-refractivity contribution in [3.63, 3.8) is 0 Å². The zero-order valence-corrected chi connectivity index (χ0v) is 6.07. The maximum atomic E-state index is 8.88. The van der Waals surface area contributed by atoms with E-state index in [1.807, 2.05) is 0 Å².